The minimum absolute atomic E-state index is 0.0597. The first-order valence-electron chi connectivity index (χ1n) is 7.47. The third-order valence-electron chi connectivity index (χ3n) is 3.69. The highest BCUT2D eigenvalue weighted by molar-refractivity contribution is 7.94. The minimum Gasteiger partial charge on any atom is -0.351 e. The summed E-state index contributed by atoms with van der Waals surface area (Å²) in [6, 6.07) is 5.66. The van der Waals surface area contributed by atoms with E-state index in [1.165, 1.54) is 24.3 Å². The van der Waals surface area contributed by atoms with E-state index >= 15 is 0 Å². The SMILES string of the molecule is CC1(C)CS(=O)(=O)N(c2cccc(C(=O)NCCS(C)(=O)=O)c2)C1=O. The lowest BCUT2D eigenvalue weighted by Gasteiger charge is -2.18. The van der Waals surface area contributed by atoms with Crippen LogP contribution in [0.5, 0.6) is 0 Å². The molecule has 0 saturated carbocycles. The normalized spacial score (nSPS) is 19.0. The minimum atomic E-state index is -3.80. The zero-order valence-corrected chi connectivity index (χ0v) is 15.8. The molecule has 2 rings (SSSR count). The first-order chi connectivity index (χ1) is 11.3. The van der Waals surface area contributed by atoms with Crippen molar-refractivity contribution < 1.29 is 26.4 Å². The molecule has 1 fully saturated rings. The molecule has 2 amide bonds. The third kappa shape index (κ3) is 4.37. The van der Waals surface area contributed by atoms with Gasteiger partial charge in [0.05, 0.1) is 22.6 Å². The molecular formula is C15H20N2O6S2. The van der Waals surface area contributed by atoms with E-state index in [1.54, 1.807) is 13.8 Å². The highest BCUT2D eigenvalue weighted by atomic mass is 32.2. The van der Waals surface area contributed by atoms with E-state index in [0.717, 1.165) is 10.6 Å². The Kier molecular flexibility index (Phi) is 4.97. The van der Waals surface area contributed by atoms with Crippen LogP contribution in [0.3, 0.4) is 0 Å². The summed E-state index contributed by atoms with van der Waals surface area (Å²) in [5.74, 6) is -1.61. The van der Waals surface area contributed by atoms with E-state index in [0.29, 0.717) is 0 Å². The van der Waals surface area contributed by atoms with Crippen LogP contribution >= 0.6 is 0 Å². The molecule has 0 atom stereocenters. The number of hydrogen-bond donors (Lipinski definition) is 1. The lowest BCUT2D eigenvalue weighted by Crippen LogP contribution is -2.33. The second-order valence-corrected chi connectivity index (χ2v) is 10.7. The molecule has 1 aromatic carbocycles. The molecule has 1 aliphatic heterocycles. The van der Waals surface area contributed by atoms with Gasteiger partial charge in [-0.3, -0.25) is 9.59 Å². The maximum Gasteiger partial charge on any atom is 0.251 e. The maximum atomic E-state index is 12.4. The highest BCUT2D eigenvalue weighted by Gasteiger charge is 2.49. The van der Waals surface area contributed by atoms with Gasteiger partial charge in [0.1, 0.15) is 9.84 Å². The fourth-order valence-electron chi connectivity index (χ4n) is 2.49. The van der Waals surface area contributed by atoms with Crippen LogP contribution < -0.4 is 9.62 Å². The van der Waals surface area contributed by atoms with Crippen molar-refractivity contribution >= 4 is 37.4 Å². The quantitative estimate of drug-likeness (QED) is 0.768. The topological polar surface area (TPSA) is 118 Å². The van der Waals surface area contributed by atoms with E-state index in [4.69, 9.17) is 0 Å². The Morgan fingerprint density at radius 1 is 1.32 bits per heavy atom. The summed E-state index contributed by atoms with van der Waals surface area (Å²) in [7, 11) is -7.01. The molecule has 10 heteroatoms. The number of nitrogens with zero attached hydrogens (tertiary/aromatic N) is 1. The van der Waals surface area contributed by atoms with Gasteiger partial charge >= 0.3 is 0 Å². The Morgan fingerprint density at radius 3 is 2.48 bits per heavy atom. The number of anilines is 1. The zero-order chi connectivity index (χ0) is 19.0. The molecule has 1 saturated heterocycles. The van der Waals surface area contributed by atoms with Gasteiger partial charge in [0.2, 0.25) is 15.9 Å². The van der Waals surface area contributed by atoms with Gasteiger partial charge < -0.3 is 5.32 Å². The summed E-state index contributed by atoms with van der Waals surface area (Å²) < 4.78 is 47.5. The lowest BCUT2D eigenvalue weighted by molar-refractivity contribution is -0.123. The Bertz CT molecular complexity index is 919. The van der Waals surface area contributed by atoms with Crippen molar-refractivity contribution in [3.8, 4) is 0 Å². The average molecular weight is 388 g/mol. The van der Waals surface area contributed by atoms with E-state index < -0.39 is 37.1 Å². The molecule has 1 aliphatic rings. The molecule has 0 bridgehead atoms. The Hall–Kier alpha value is -1.94. The number of amides is 2. The van der Waals surface area contributed by atoms with Crippen molar-refractivity contribution in [3.05, 3.63) is 29.8 Å². The van der Waals surface area contributed by atoms with Crippen molar-refractivity contribution in [3.63, 3.8) is 0 Å². The van der Waals surface area contributed by atoms with Crippen molar-refractivity contribution in [1.82, 2.24) is 5.32 Å². The molecule has 0 aliphatic carbocycles. The Balaban J connectivity index is 2.24. The fraction of sp³-hybridized carbons (Fsp3) is 0.467. The zero-order valence-electron chi connectivity index (χ0n) is 14.1. The smallest absolute Gasteiger partial charge is 0.251 e. The van der Waals surface area contributed by atoms with Crippen LogP contribution in [0.4, 0.5) is 5.69 Å². The van der Waals surface area contributed by atoms with Crippen LogP contribution in [0.15, 0.2) is 24.3 Å². The summed E-state index contributed by atoms with van der Waals surface area (Å²) in [4.78, 5) is 24.5. The number of hydrogen-bond acceptors (Lipinski definition) is 6. The number of benzene rings is 1. The lowest BCUT2D eigenvalue weighted by atomic mass is 9.95. The van der Waals surface area contributed by atoms with Crippen LogP contribution in [-0.2, 0) is 24.7 Å². The standard InChI is InChI=1S/C15H20N2O6S2/c1-15(2)10-25(22,23)17(14(15)19)12-6-4-5-11(9-12)13(18)16-7-8-24(3,20)21/h4-6,9H,7-8,10H2,1-3H3,(H,16,18). The molecule has 1 aromatic rings. The molecular weight excluding hydrogens is 368 g/mol. The largest absolute Gasteiger partial charge is 0.351 e. The van der Waals surface area contributed by atoms with Crippen molar-refractivity contribution in [1.29, 1.82) is 0 Å². The number of carbonyl (C=O) groups excluding carboxylic acids is 2. The van der Waals surface area contributed by atoms with Crippen LogP contribution in [0.25, 0.3) is 0 Å². The molecule has 0 spiro atoms. The predicted molar refractivity (Wildman–Crippen MR) is 93.5 cm³/mol. The van der Waals surface area contributed by atoms with Crippen LogP contribution in [0.2, 0.25) is 0 Å². The number of sulfonamides is 1. The fourth-order valence-corrected chi connectivity index (χ4v) is 5.06. The number of carbonyl (C=O) groups is 2. The van der Waals surface area contributed by atoms with Crippen LogP contribution in [0, 0.1) is 5.41 Å². The second kappa shape index (κ2) is 6.41. The monoisotopic (exact) mass is 388 g/mol. The highest BCUT2D eigenvalue weighted by Crippen LogP contribution is 2.35. The molecule has 8 nitrogen and oxygen atoms in total. The van der Waals surface area contributed by atoms with Gasteiger partial charge in [-0.1, -0.05) is 6.07 Å². The van der Waals surface area contributed by atoms with Gasteiger partial charge in [0.25, 0.3) is 5.91 Å². The van der Waals surface area contributed by atoms with Gasteiger partial charge in [-0.15, -0.1) is 0 Å². The molecule has 0 aromatic heterocycles. The summed E-state index contributed by atoms with van der Waals surface area (Å²) in [5, 5.41) is 2.45. The second-order valence-electron chi connectivity index (χ2n) is 6.65. The van der Waals surface area contributed by atoms with Gasteiger partial charge in [0, 0.05) is 18.4 Å². The Labute approximate surface area is 147 Å². The van der Waals surface area contributed by atoms with E-state index in [-0.39, 0.29) is 29.3 Å². The summed E-state index contributed by atoms with van der Waals surface area (Å²) in [5.41, 5.74) is -0.808. The van der Waals surface area contributed by atoms with Gasteiger partial charge in [-0.2, -0.15) is 0 Å². The molecule has 1 heterocycles. The van der Waals surface area contributed by atoms with Crippen molar-refractivity contribution in [2.45, 2.75) is 13.8 Å². The molecule has 138 valence electrons. The summed E-state index contributed by atoms with van der Waals surface area (Å²) in [6.45, 7) is 3.04. The van der Waals surface area contributed by atoms with E-state index in [9.17, 15) is 26.4 Å². The van der Waals surface area contributed by atoms with Gasteiger partial charge in [0.15, 0.2) is 0 Å². The van der Waals surface area contributed by atoms with Crippen molar-refractivity contribution in [2.24, 2.45) is 5.41 Å². The van der Waals surface area contributed by atoms with E-state index in [2.05, 4.69) is 5.32 Å². The third-order valence-corrected chi connectivity index (χ3v) is 6.65. The molecule has 25 heavy (non-hydrogen) atoms. The summed E-state index contributed by atoms with van der Waals surface area (Å²) >= 11 is 0. The molecule has 0 unspecified atom stereocenters. The van der Waals surface area contributed by atoms with Crippen LogP contribution in [0.1, 0.15) is 24.2 Å². The first kappa shape index (κ1) is 19.4. The summed E-state index contributed by atoms with van der Waals surface area (Å²) in [6.07, 6.45) is 1.06. The van der Waals surface area contributed by atoms with Crippen molar-refractivity contribution in [2.75, 3.05) is 28.6 Å². The first-order valence-corrected chi connectivity index (χ1v) is 11.1. The Morgan fingerprint density at radius 2 is 1.96 bits per heavy atom. The van der Waals surface area contributed by atoms with Crippen LogP contribution in [-0.4, -0.2) is 53.0 Å². The molecule has 1 N–H and O–H groups in total. The average Bonchev–Trinajstić information content (AvgIpc) is 2.61. The molecule has 0 radical (unpaired) electrons. The van der Waals surface area contributed by atoms with Gasteiger partial charge in [-0.25, -0.2) is 21.1 Å². The van der Waals surface area contributed by atoms with E-state index in [1.807, 2.05) is 0 Å². The number of sulfone groups is 1. The predicted octanol–water partition coefficient (Wildman–Crippen LogP) is 0.164. The number of rotatable bonds is 5. The maximum absolute atomic E-state index is 12.4. The van der Waals surface area contributed by atoms with Gasteiger partial charge in [-0.05, 0) is 32.0 Å². The number of nitrogens with one attached hydrogen (secondary N) is 1.